The predicted molar refractivity (Wildman–Crippen MR) is 76.4 cm³/mol. The second-order valence-corrected chi connectivity index (χ2v) is 5.08. The van der Waals surface area contributed by atoms with Crippen LogP contribution in [0.4, 0.5) is 5.69 Å². The van der Waals surface area contributed by atoms with Gasteiger partial charge in [0, 0.05) is 5.56 Å². The summed E-state index contributed by atoms with van der Waals surface area (Å²) in [5.74, 6) is -0.266. The van der Waals surface area contributed by atoms with E-state index in [0.717, 1.165) is 0 Å². The average molecular weight is 346 g/mol. The van der Waals surface area contributed by atoms with E-state index in [9.17, 15) is 4.79 Å². The van der Waals surface area contributed by atoms with Gasteiger partial charge in [-0.15, -0.1) is 0 Å². The predicted octanol–water partition coefficient (Wildman–Crippen LogP) is 4.40. The first kappa shape index (κ1) is 13.3. The van der Waals surface area contributed by atoms with E-state index < -0.39 is 0 Å². The van der Waals surface area contributed by atoms with Crippen LogP contribution in [-0.2, 0) is 0 Å². The van der Waals surface area contributed by atoms with E-state index in [1.807, 2.05) is 0 Å². The number of hydrogen-bond donors (Lipinski definition) is 1. The summed E-state index contributed by atoms with van der Waals surface area (Å²) >= 11 is 14.9. The van der Waals surface area contributed by atoms with Gasteiger partial charge in [0.05, 0.1) is 21.9 Å². The van der Waals surface area contributed by atoms with Gasteiger partial charge in [0.15, 0.2) is 0 Å². The maximum atomic E-state index is 11.9. The third kappa shape index (κ3) is 3.22. The zero-order valence-electron chi connectivity index (χ0n) is 8.95. The van der Waals surface area contributed by atoms with Crippen LogP contribution in [0.3, 0.4) is 0 Å². The lowest BCUT2D eigenvalue weighted by Crippen LogP contribution is -2.11. The van der Waals surface area contributed by atoms with Crippen molar-refractivity contribution in [2.75, 3.05) is 5.32 Å². The Morgan fingerprint density at radius 2 is 1.94 bits per heavy atom. The van der Waals surface area contributed by atoms with Gasteiger partial charge in [-0.1, -0.05) is 23.2 Å². The van der Waals surface area contributed by atoms with Gasteiger partial charge in [-0.3, -0.25) is 4.79 Å². The van der Waals surface area contributed by atoms with Gasteiger partial charge < -0.3 is 5.32 Å². The van der Waals surface area contributed by atoms with Crippen LogP contribution < -0.4 is 5.32 Å². The first-order valence-corrected chi connectivity index (χ1v) is 6.49. The Balaban J connectivity index is 2.16. The van der Waals surface area contributed by atoms with Crippen LogP contribution in [0.5, 0.6) is 0 Å². The van der Waals surface area contributed by atoms with E-state index in [0.29, 0.717) is 25.9 Å². The zero-order chi connectivity index (χ0) is 13.1. The van der Waals surface area contributed by atoms with Crippen LogP contribution >= 0.6 is 39.1 Å². The molecule has 1 aromatic heterocycles. The topological polar surface area (TPSA) is 42.0 Å². The molecule has 0 fully saturated rings. The summed E-state index contributed by atoms with van der Waals surface area (Å²) in [7, 11) is 0. The molecule has 0 aliphatic heterocycles. The number of amides is 1. The van der Waals surface area contributed by atoms with Gasteiger partial charge in [-0.2, -0.15) is 0 Å². The van der Waals surface area contributed by atoms with Crippen LogP contribution in [0.1, 0.15) is 10.4 Å². The first-order valence-electron chi connectivity index (χ1n) is 4.94. The Morgan fingerprint density at radius 3 is 2.56 bits per heavy atom. The van der Waals surface area contributed by atoms with Crippen molar-refractivity contribution in [2.24, 2.45) is 0 Å². The van der Waals surface area contributed by atoms with Gasteiger partial charge >= 0.3 is 0 Å². The summed E-state index contributed by atoms with van der Waals surface area (Å²) in [6, 6.07) is 8.19. The molecule has 0 saturated carbocycles. The van der Waals surface area contributed by atoms with Crippen LogP contribution in [-0.4, -0.2) is 10.9 Å². The molecule has 0 saturated heterocycles. The van der Waals surface area contributed by atoms with Crippen molar-refractivity contribution >= 4 is 50.7 Å². The molecule has 2 aromatic rings. The fourth-order valence-electron chi connectivity index (χ4n) is 1.29. The van der Waals surface area contributed by atoms with Crippen molar-refractivity contribution in [2.45, 2.75) is 0 Å². The first-order chi connectivity index (χ1) is 8.56. The van der Waals surface area contributed by atoms with E-state index in [4.69, 9.17) is 23.2 Å². The van der Waals surface area contributed by atoms with Gasteiger partial charge in [0.1, 0.15) is 4.60 Å². The molecule has 0 spiro atoms. The molecule has 3 nitrogen and oxygen atoms in total. The van der Waals surface area contributed by atoms with Crippen molar-refractivity contribution < 1.29 is 4.79 Å². The maximum absolute atomic E-state index is 11.9. The van der Waals surface area contributed by atoms with Crippen LogP contribution in [0, 0.1) is 0 Å². The largest absolute Gasteiger partial charge is 0.321 e. The Kier molecular flexibility index (Phi) is 4.22. The normalized spacial score (nSPS) is 10.2. The molecule has 1 N–H and O–H groups in total. The average Bonchev–Trinajstić information content (AvgIpc) is 2.35. The minimum Gasteiger partial charge on any atom is -0.321 e. The molecule has 92 valence electrons. The summed E-state index contributed by atoms with van der Waals surface area (Å²) in [6.07, 6.45) is 1.56. The van der Waals surface area contributed by atoms with E-state index >= 15 is 0 Å². The number of carbonyl (C=O) groups excluding carboxylic acids is 1. The molecule has 2 rings (SSSR count). The number of aromatic nitrogens is 1. The fraction of sp³-hybridized carbons (Fsp3) is 0. The molecule has 0 radical (unpaired) electrons. The van der Waals surface area contributed by atoms with Crippen molar-refractivity contribution in [1.29, 1.82) is 0 Å². The highest BCUT2D eigenvalue weighted by atomic mass is 79.9. The van der Waals surface area contributed by atoms with Crippen molar-refractivity contribution in [3.05, 3.63) is 56.7 Å². The van der Waals surface area contributed by atoms with E-state index in [2.05, 4.69) is 26.2 Å². The summed E-state index contributed by atoms with van der Waals surface area (Å²) < 4.78 is 0.704. The fourth-order valence-corrected chi connectivity index (χ4v) is 1.82. The molecule has 0 atom stereocenters. The van der Waals surface area contributed by atoms with E-state index in [1.165, 1.54) is 6.07 Å². The number of pyridine rings is 1. The number of carbonyl (C=O) groups is 1. The third-order valence-corrected chi connectivity index (χ3v) is 3.38. The number of rotatable bonds is 2. The zero-order valence-corrected chi connectivity index (χ0v) is 12.1. The molecule has 0 bridgehead atoms. The molecule has 18 heavy (non-hydrogen) atoms. The van der Waals surface area contributed by atoms with E-state index in [1.54, 1.807) is 30.5 Å². The lowest BCUT2D eigenvalue weighted by molar-refractivity contribution is 0.102. The molecule has 1 heterocycles. The van der Waals surface area contributed by atoms with Crippen LogP contribution in [0.2, 0.25) is 10.0 Å². The van der Waals surface area contributed by atoms with Crippen molar-refractivity contribution in [3.63, 3.8) is 0 Å². The quantitative estimate of drug-likeness (QED) is 0.819. The molecule has 0 aliphatic rings. The third-order valence-electron chi connectivity index (χ3n) is 2.17. The molecule has 0 aliphatic carbocycles. The lowest BCUT2D eigenvalue weighted by Gasteiger charge is -2.05. The highest BCUT2D eigenvalue weighted by Gasteiger charge is 2.08. The van der Waals surface area contributed by atoms with Gasteiger partial charge in [-0.05, 0) is 46.3 Å². The van der Waals surface area contributed by atoms with Crippen LogP contribution in [0.25, 0.3) is 0 Å². The van der Waals surface area contributed by atoms with Crippen molar-refractivity contribution in [3.8, 4) is 0 Å². The minimum atomic E-state index is -0.266. The second kappa shape index (κ2) is 5.69. The standard InChI is InChI=1S/C12H7BrCl2N2O/c13-11-4-2-8(6-16-11)17-12(18)7-1-3-9(14)10(15)5-7/h1-6H,(H,17,18). The van der Waals surface area contributed by atoms with Gasteiger partial charge in [-0.25, -0.2) is 4.98 Å². The molecule has 0 unspecified atom stereocenters. The maximum Gasteiger partial charge on any atom is 0.255 e. The monoisotopic (exact) mass is 344 g/mol. The number of nitrogens with one attached hydrogen (secondary N) is 1. The summed E-state index contributed by atoms with van der Waals surface area (Å²) in [6.45, 7) is 0. The minimum absolute atomic E-state index is 0.266. The Morgan fingerprint density at radius 1 is 1.17 bits per heavy atom. The van der Waals surface area contributed by atoms with Crippen molar-refractivity contribution in [1.82, 2.24) is 4.98 Å². The van der Waals surface area contributed by atoms with Gasteiger partial charge in [0.2, 0.25) is 0 Å². The smallest absolute Gasteiger partial charge is 0.255 e. The summed E-state index contributed by atoms with van der Waals surface area (Å²) in [5.41, 5.74) is 1.04. The Labute approximate surface area is 122 Å². The summed E-state index contributed by atoms with van der Waals surface area (Å²) in [4.78, 5) is 15.9. The number of halogens is 3. The lowest BCUT2D eigenvalue weighted by atomic mass is 10.2. The SMILES string of the molecule is O=C(Nc1ccc(Br)nc1)c1ccc(Cl)c(Cl)c1. The highest BCUT2D eigenvalue weighted by Crippen LogP contribution is 2.23. The Bertz CT molecular complexity index is 587. The number of nitrogens with zero attached hydrogens (tertiary/aromatic N) is 1. The number of hydrogen-bond acceptors (Lipinski definition) is 2. The molecular formula is C12H7BrCl2N2O. The van der Waals surface area contributed by atoms with E-state index in [-0.39, 0.29) is 5.91 Å². The molecule has 1 amide bonds. The summed E-state index contributed by atoms with van der Waals surface area (Å²) in [5, 5.41) is 3.47. The van der Waals surface area contributed by atoms with Gasteiger partial charge in [0.25, 0.3) is 5.91 Å². The number of anilines is 1. The number of benzene rings is 1. The molecular weight excluding hydrogens is 339 g/mol. The highest BCUT2D eigenvalue weighted by molar-refractivity contribution is 9.10. The molecule has 1 aromatic carbocycles. The molecule has 6 heteroatoms. The van der Waals surface area contributed by atoms with Crippen LogP contribution in [0.15, 0.2) is 41.1 Å². The Hall–Kier alpha value is -1.10. The second-order valence-electron chi connectivity index (χ2n) is 3.45.